The van der Waals surface area contributed by atoms with E-state index in [-0.39, 0.29) is 0 Å². The van der Waals surface area contributed by atoms with Gasteiger partial charge in [0.2, 0.25) is 5.91 Å². The number of hydrogen-bond acceptors (Lipinski definition) is 1. The van der Waals surface area contributed by atoms with Gasteiger partial charge in [-0.15, -0.1) is 0 Å². The second-order valence-electron chi connectivity index (χ2n) is 3.91. The van der Waals surface area contributed by atoms with E-state index in [1.807, 2.05) is 53.2 Å². The minimum Gasteiger partial charge on any atom is -0.344 e. The molecule has 0 saturated heterocycles. The van der Waals surface area contributed by atoms with Gasteiger partial charge in [0.15, 0.2) is 0 Å². The molecule has 1 aromatic heterocycles. The summed E-state index contributed by atoms with van der Waals surface area (Å²) in [5.41, 5.74) is 10.2. The van der Waals surface area contributed by atoms with Crippen LogP contribution in [0, 0.1) is 0 Å². The number of carbonyl (C=O) groups is 1. The van der Waals surface area contributed by atoms with Gasteiger partial charge in [0.25, 0.3) is 0 Å². The SMILES string of the molecule is [N-]=[N+]=NC(=O)C=Cc1cccn1Cc1ccccc1. The first-order valence-electron chi connectivity index (χ1n) is 5.76. The molecule has 0 radical (unpaired) electrons. The third kappa shape index (κ3) is 3.59. The van der Waals surface area contributed by atoms with Gasteiger partial charge in [0.05, 0.1) is 0 Å². The molecule has 1 amide bonds. The Morgan fingerprint density at radius 3 is 2.79 bits per heavy atom. The molecule has 0 aliphatic carbocycles. The molecule has 2 rings (SSSR count). The Morgan fingerprint density at radius 1 is 1.26 bits per heavy atom. The summed E-state index contributed by atoms with van der Waals surface area (Å²) in [5, 5.41) is 2.98. The maximum absolute atomic E-state index is 11.1. The van der Waals surface area contributed by atoms with E-state index in [2.05, 4.69) is 10.0 Å². The third-order valence-electron chi connectivity index (χ3n) is 2.60. The second kappa shape index (κ2) is 6.23. The fourth-order valence-electron chi connectivity index (χ4n) is 1.74. The fraction of sp³-hybridized carbons (Fsp3) is 0.0714. The van der Waals surface area contributed by atoms with Gasteiger partial charge in [-0.2, -0.15) is 0 Å². The van der Waals surface area contributed by atoms with Crippen LogP contribution in [0.1, 0.15) is 11.3 Å². The molecule has 1 aromatic carbocycles. The van der Waals surface area contributed by atoms with Crippen molar-refractivity contribution in [2.75, 3.05) is 0 Å². The molecule has 0 atom stereocenters. The van der Waals surface area contributed by atoms with E-state index in [4.69, 9.17) is 5.53 Å². The summed E-state index contributed by atoms with van der Waals surface area (Å²) in [6.07, 6.45) is 4.83. The van der Waals surface area contributed by atoms with Gasteiger partial charge in [0, 0.05) is 23.3 Å². The highest BCUT2D eigenvalue weighted by molar-refractivity contribution is 5.92. The maximum Gasteiger partial charge on any atom is 0.242 e. The first-order valence-corrected chi connectivity index (χ1v) is 5.76. The lowest BCUT2D eigenvalue weighted by Crippen LogP contribution is -2.00. The standard InChI is InChI=1S/C14H12N4O/c15-17-16-14(19)9-8-13-7-4-10-18(13)11-12-5-2-1-3-6-12/h1-10H,11H2. The van der Waals surface area contributed by atoms with Crippen LogP contribution in [0.5, 0.6) is 0 Å². The molecule has 5 nitrogen and oxygen atoms in total. The molecule has 0 saturated carbocycles. The first kappa shape index (κ1) is 12.7. The summed E-state index contributed by atoms with van der Waals surface area (Å²) >= 11 is 0. The second-order valence-corrected chi connectivity index (χ2v) is 3.91. The average Bonchev–Trinajstić information content (AvgIpc) is 2.85. The van der Waals surface area contributed by atoms with E-state index in [1.165, 1.54) is 11.6 Å². The molecule has 1 heterocycles. The molecule has 0 aliphatic heterocycles. The van der Waals surface area contributed by atoms with Crippen molar-refractivity contribution in [1.82, 2.24) is 4.57 Å². The van der Waals surface area contributed by atoms with Crippen LogP contribution in [-0.4, -0.2) is 10.5 Å². The van der Waals surface area contributed by atoms with Crippen LogP contribution in [0.4, 0.5) is 0 Å². The molecule has 0 bridgehead atoms. The molecule has 94 valence electrons. The minimum absolute atomic E-state index is 0.602. The monoisotopic (exact) mass is 252 g/mol. The van der Waals surface area contributed by atoms with Gasteiger partial charge in [-0.25, -0.2) is 0 Å². The Morgan fingerprint density at radius 2 is 2.05 bits per heavy atom. The van der Waals surface area contributed by atoms with E-state index >= 15 is 0 Å². The molecule has 5 heteroatoms. The molecule has 0 spiro atoms. The van der Waals surface area contributed by atoms with Crippen LogP contribution in [0.15, 0.2) is 59.9 Å². The van der Waals surface area contributed by atoms with Gasteiger partial charge < -0.3 is 4.57 Å². The van der Waals surface area contributed by atoms with E-state index in [0.717, 1.165) is 12.2 Å². The van der Waals surface area contributed by atoms with E-state index in [9.17, 15) is 4.79 Å². The number of azide groups is 1. The van der Waals surface area contributed by atoms with Crippen molar-refractivity contribution in [3.63, 3.8) is 0 Å². The van der Waals surface area contributed by atoms with Crippen LogP contribution < -0.4 is 0 Å². The number of amides is 1. The summed E-state index contributed by atoms with van der Waals surface area (Å²) < 4.78 is 2.01. The smallest absolute Gasteiger partial charge is 0.242 e. The number of rotatable bonds is 4. The highest BCUT2D eigenvalue weighted by atomic mass is 16.1. The summed E-state index contributed by atoms with van der Waals surface area (Å²) in [7, 11) is 0. The molecule has 0 fully saturated rings. The van der Waals surface area contributed by atoms with Crippen LogP contribution in [0.3, 0.4) is 0 Å². The Kier molecular flexibility index (Phi) is 4.16. The predicted octanol–water partition coefficient (Wildman–Crippen LogP) is 3.39. The lowest BCUT2D eigenvalue weighted by atomic mass is 10.2. The zero-order valence-corrected chi connectivity index (χ0v) is 10.2. The summed E-state index contributed by atoms with van der Waals surface area (Å²) in [4.78, 5) is 13.5. The van der Waals surface area contributed by atoms with Gasteiger partial charge in [-0.1, -0.05) is 30.3 Å². The Balaban J connectivity index is 2.14. The average molecular weight is 252 g/mol. The van der Waals surface area contributed by atoms with Crippen molar-refractivity contribution in [2.45, 2.75) is 6.54 Å². The molecule has 0 unspecified atom stereocenters. The number of nitrogens with zero attached hydrogens (tertiary/aromatic N) is 4. The number of hydrogen-bond donors (Lipinski definition) is 0. The minimum atomic E-state index is -0.602. The van der Waals surface area contributed by atoms with Gasteiger partial charge in [0.1, 0.15) is 0 Å². The Bertz CT molecular complexity index is 636. The highest BCUT2D eigenvalue weighted by Crippen LogP contribution is 2.09. The highest BCUT2D eigenvalue weighted by Gasteiger charge is 1.99. The predicted molar refractivity (Wildman–Crippen MR) is 73.2 cm³/mol. The number of carbonyl (C=O) groups excluding carboxylic acids is 1. The Hall–Kier alpha value is -2.78. The molecular weight excluding hydrogens is 240 g/mol. The first-order chi connectivity index (χ1) is 9.29. The van der Waals surface area contributed by atoms with Crippen LogP contribution in [0.2, 0.25) is 0 Å². The van der Waals surface area contributed by atoms with Gasteiger partial charge >= 0.3 is 0 Å². The molecule has 2 aromatic rings. The quantitative estimate of drug-likeness (QED) is 0.356. The van der Waals surface area contributed by atoms with Crippen molar-refractivity contribution in [2.24, 2.45) is 5.11 Å². The van der Waals surface area contributed by atoms with Gasteiger partial charge in [-0.3, -0.25) is 4.79 Å². The maximum atomic E-state index is 11.1. The third-order valence-corrected chi connectivity index (χ3v) is 2.60. The largest absolute Gasteiger partial charge is 0.344 e. The zero-order chi connectivity index (χ0) is 13.5. The van der Waals surface area contributed by atoms with Crippen LogP contribution in [0.25, 0.3) is 16.5 Å². The van der Waals surface area contributed by atoms with Crippen LogP contribution in [-0.2, 0) is 11.3 Å². The van der Waals surface area contributed by atoms with E-state index in [1.54, 1.807) is 6.08 Å². The van der Waals surface area contributed by atoms with Gasteiger partial charge in [-0.05, 0) is 40.5 Å². The van der Waals surface area contributed by atoms with E-state index in [0.29, 0.717) is 0 Å². The Labute approximate surface area is 110 Å². The lowest BCUT2D eigenvalue weighted by Gasteiger charge is -2.06. The summed E-state index contributed by atoms with van der Waals surface area (Å²) in [6.45, 7) is 0.725. The van der Waals surface area contributed by atoms with Crippen molar-refractivity contribution in [3.05, 3.63) is 76.4 Å². The number of aromatic nitrogens is 1. The summed E-state index contributed by atoms with van der Waals surface area (Å²) in [6, 6.07) is 13.8. The van der Waals surface area contributed by atoms with E-state index < -0.39 is 5.91 Å². The topological polar surface area (TPSA) is 70.8 Å². The molecule has 19 heavy (non-hydrogen) atoms. The zero-order valence-electron chi connectivity index (χ0n) is 10.2. The van der Waals surface area contributed by atoms with Crippen molar-refractivity contribution >= 4 is 12.0 Å². The molecular formula is C14H12N4O. The summed E-state index contributed by atoms with van der Waals surface area (Å²) in [5.74, 6) is -0.602. The molecule has 0 aliphatic rings. The number of benzene rings is 1. The normalized spacial score (nSPS) is 10.3. The van der Waals surface area contributed by atoms with Crippen LogP contribution >= 0.6 is 0 Å². The van der Waals surface area contributed by atoms with Crippen molar-refractivity contribution < 1.29 is 4.79 Å². The molecule has 0 N–H and O–H groups in total. The lowest BCUT2D eigenvalue weighted by molar-refractivity contribution is -0.113. The van der Waals surface area contributed by atoms with Crippen molar-refractivity contribution in [1.29, 1.82) is 0 Å². The van der Waals surface area contributed by atoms with Crippen molar-refractivity contribution in [3.8, 4) is 0 Å². The fourth-order valence-corrected chi connectivity index (χ4v) is 1.74.